The molecule has 5 heteroatoms. The van der Waals surface area contributed by atoms with Crippen LogP contribution in [0.2, 0.25) is 5.02 Å². The minimum atomic E-state index is -1.00. The van der Waals surface area contributed by atoms with Crippen molar-refractivity contribution in [1.82, 2.24) is 5.32 Å². The van der Waals surface area contributed by atoms with Crippen molar-refractivity contribution >= 4 is 17.6 Å². The van der Waals surface area contributed by atoms with E-state index in [2.05, 4.69) is 17.4 Å². The van der Waals surface area contributed by atoms with E-state index in [1.807, 2.05) is 18.2 Å². The number of hydrogen-bond acceptors (Lipinski definition) is 3. The molecule has 0 bridgehead atoms. The zero-order chi connectivity index (χ0) is 15.5. The van der Waals surface area contributed by atoms with E-state index < -0.39 is 5.97 Å². The molecule has 1 aliphatic heterocycles. The molecule has 0 radical (unpaired) electrons. The van der Waals surface area contributed by atoms with Crippen LogP contribution in [0.25, 0.3) is 0 Å². The molecule has 2 aromatic carbocycles. The van der Waals surface area contributed by atoms with E-state index in [1.54, 1.807) is 12.1 Å². The van der Waals surface area contributed by atoms with Gasteiger partial charge < -0.3 is 15.2 Å². The molecular weight excluding hydrogens is 302 g/mol. The number of aliphatic carboxylic acids is 1. The molecule has 0 amide bonds. The van der Waals surface area contributed by atoms with Gasteiger partial charge in [0.1, 0.15) is 5.75 Å². The van der Waals surface area contributed by atoms with Crippen molar-refractivity contribution in [2.24, 2.45) is 0 Å². The monoisotopic (exact) mass is 317 g/mol. The molecule has 0 saturated heterocycles. The highest BCUT2D eigenvalue weighted by molar-refractivity contribution is 6.30. The van der Waals surface area contributed by atoms with E-state index >= 15 is 0 Å². The number of rotatable bonds is 4. The average molecular weight is 318 g/mol. The van der Waals surface area contributed by atoms with Crippen LogP contribution >= 0.6 is 11.6 Å². The summed E-state index contributed by atoms with van der Waals surface area (Å²) in [6, 6.07) is 13.4. The third kappa shape index (κ3) is 3.08. The van der Waals surface area contributed by atoms with Gasteiger partial charge in [0.25, 0.3) is 0 Å². The summed E-state index contributed by atoms with van der Waals surface area (Å²) < 4.78 is 5.42. The van der Waals surface area contributed by atoms with Crippen LogP contribution in [0.4, 0.5) is 0 Å². The first-order valence-corrected chi connectivity index (χ1v) is 7.48. The molecule has 0 saturated carbocycles. The van der Waals surface area contributed by atoms with Crippen molar-refractivity contribution in [2.75, 3.05) is 13.2 Å². The van der Waals surface area contributed by atoms with Gasteiger partial charge in [-0.15, -0.1) is 0 Å². The normalized spacial score (nSPS) is 16.9. The minimum absolute atomic E-state index is 0.0487. The van der Waals surface area contributed by atoms with Crippen molar-refractivity contribution in [1.29, 1.82) is 0 Å². The largest absolute Gasteiger partial charge is 0.482 e. The standard InChI is InChI=1S/C17H16ClNO3/c18-12-5-6-15(22-10-16(20)21)14(9-12)17-13-4-2-1-3-11(13)7-8-19-17/h1-6,9,17,19H,7-8,10H2,(H,20,21)/t17-/m0/s1. The van der Waals surface area contributed by atoms with Gasteiger partial charge in [0, 0.05) is 17.1 Å². The Hall–Kier alpha value is -2.04. The van der Waals surface area contributed by atoms with Gasteiger partial charge in [0.15, 0.2) is 6.61 Å². The van der Waals surface area contributed by atoms with Gasteiger partial charge in [0.05, 0.1) is 6.04 Å². The maximum absolute atomic E-state index is 10.8. The molecule has 4 nitrogen and oxygen atoms in total. The lowest BCUT2D eigenvalue weighted by Crippen LogP contribution is -2.31. The SMILES string of the molecule is O=C(O)COc1ccc(Cl)cc1[C@H]1NCCc2ccccc21. The van der Waals surface area contributed by atoms with E-state index in [9.17, 15) is 4.79 Å². The summed E-state index contributed by atoms with van der Waals surface area (Å²) in [5, 5.41) is 12.9. The van der Waals surface area contributed by atoms with Gasteiger partial charge in [-0.2, -0.15) is 0 Å². The quantitative estimate of drug-likeness (QED) is 0.910. The molecule has 0 unspecified atom stereocenters. The summed E-state index contributed by atoms with van der Waals surface area (Å²) in [5.74, 6) is -0.459. The second kappa shape index (κ2) is 6.38. The molecule has 0 aliphatic carbocycles. The first-order valence-electron chi connectivity index (χ1n) is 7.10. The maximum Gasteiger partial charge on any atom is 0.341 e. The Morgan fingerprint density at radius 2 is 2.09 bits per heavy atom. The van der Waals surface area contributed by atoms with Crippen molar-refractivity contribution in [2.45, 2.75) is 12.5 Å². The molecule has 0 spiro atoms. The fraction of sp³-hybridized carbons (Fsp3) is 0.235. The van der Waals surface area contributed by atoms with Gasteiger partial charge in [-0.25, -0.2) is 4.79 Å². The third-order valence-electron chi connectivity index (χ3n) is 3.74. The average Bonchev–Trinajstić information content (AvgIpc) is 2.53. The van der Waals surface area contributed by atoms with Gasteiger partial charge in [-0.1, -0.05) is 35.9 Å². The predicted octanol–water partition coefficient (Wildman–Crippen LogP) is 3.04. The van der Waals surface area contributed by atoms with E-state index in [-0.39, 0.29) is 12.6 Å². The number of hydrogen-bond donors (Lipinski definition) is 2. The Labute approximate surface area is 133 Å². The Balaban J connectivity index is 2.01. The first kappa shape index (κ1) is 14.9. The highest BCUT2D eigenvalue weighted by Crippen LogP contribution is 2.35. The van der Waals surface area contributed by atoms with Crippen LogP contribution in [0.15, 0.2) is 42.5 Å². The number of benzene rings is 2. The highest BCUT2D eigenvalue weighted by atomic mass is 35.5. The van der Waals surface area contributed by atoms with Gasteiger partial charge in [0.2, 0.25) is 0 Å². The minimum Gasteiger partial charge on any atom is -0.482 e. The zero-order valence-corrected chi connectivity index (χ0v) is 12.6. The zero-order valence-electron chi connectivity index (χ0n) is 11.9. The number of fused-ring (bicyclic) bond motifs is 1. The summed E-state index contributed by atoms with van der Waals surface area (Å²) >= 11 is 6.13. The highest BCUT2D eigenvalue weighted by Gasteiger charge is 2.24. The van der Waals surface area contributed by atoms with Crippen LogP contribution in [0.5, 0.6) is 5.75 Å². The second-order valence-corrected chi connectivity index (χ2v) is 5.64. The summed E-state index contributed by atoms with van der Waals surface area (Å²) in [6.45, 7) is 0.482. The lowest BCUT2D eigenvalue weighted by molar-refractivity contribution is -0.139. The molecule has 1 heterocycles. The van der Waals surface area contributed by atoms with Crippen molar-refractivity contribution < 1.29 is 14.6 Å². The fourth-order valence-corrected chi connectivity index (χ4v) is 2.98. The van der Waals surface area contributed by atoms with Crippen LogP contribution in [0, 0.1) is 0 Å². The van der Waals surface area contributed by atoms with Gasteiger partial charge >= 0.3 is 5.97 Å². The molecular formula is C17H16ClNO3. The van der Waals surface area contributed by atoms with E-state index in [0.717, 1.165) is 18.5 Å². The van der Waals surface area contributed by atoms with Crippen LogP contribution < -0.4 is 10.1 Å². The molecule has 1 atom stereocenters. The van der Waals surface area contributed by atoms with E-state index in [1.165, 1.54) is 11.1 Å². The number of carbonyl (C=O) groups is 1. The topological polar surface area (TPSA) is 58.6 Å². The number of nitrogens with one attached hydrogen (secondary N) is 1. The summed E-state index contributed by atoms with van der Waals surface area (Å²) in [5.41, 5.74) is 3.33. The number of carboxylic acids is 1. The summed E-state index contributed by atoms with van der Waals surface area (Å²) in [4.78, 5) is 10.8. The second-order valence-electron chi connectivity index (χ2n) is 5.20. The predicted molar refractivity (Wildman–Crippen MR) is 84.6 cm³/mol. The molecule has 22 heavy (non-hydrogen) atoms. The third-order valence-corrected chi connectivity index (χ3v) is 3.98. The van der Waals surface area contributed by atoms with Crippen LogP contribution in [-0.4, -0.2) is 24.2 Å². The van der Waals surface area contributed by atoms with Gasteiger partial charge in [-0.3, -0.25) is 0 Å². The molecule has 1 aliphatic rings. The molecule has 0 aromatic heterocycles. The van der Waals surface area contributed by atoms with E-state index in [4.69, 9.17) is 21.4 Å². The lowest BCUT2D eigenvalue weighted by atomic mass is 9.89. The van der Waals surface area contributed by atoms with Gasteiger partial charge in [-0.05, 0) is 35.7 Å². The van der Waals surface area contributed by atoms with Crippen LogP contribution in [0.3, 0.4) is 0 Å². The fourth-order valence-electron chi connectivity index (χ4n) is 2.80. The molecule has 114 valence electrons. The van der Waals surface area contributed by atoms with Crippen molar-refractivity contribution in [3.05, 3.63) is 64.2 Å². The molecule has 3 rings (SSSR count). The number of carboxylic acid groups (broad SMARTS) is 1. The Kier molecular flexibility index (Phi) is 4.32. The summed E-state index contributed by atoms with van der Waals surface area (Å²) in [7, 11) is 0. The maximum atomic E-state index is 10.8. The molecule has 0 fully saturated rings. The summed E-state index contributed by atoms with van der Waals surface area (Å²) in [6.07, 6.45) is 0.971. The van der Waals surface area contributed by atoms with Crippen LogP contribution in [-0.2, 0) is 11.2 Å². The Morgan fingerprint density at radius 1 is 1.27 bits per heavy atom. The van der Waals surface area contributed by atoms with E-state index in [0.29, 0.717) is 10.8 Å². The van der Waals surface area contributed by atoms with Crippen LogP contribution in [0.1, 0.15) is 22.7 Å². The lowest BCUT2D eigenvalue weighted by Gasteiger charge is -2.28. The molecule has 2 aromatic rings. The Bertz CT molecular complexity index is 702. The number of halogens is 1. The Morgan fingerprint density at radius 3 is 2.91 bits per heavy atom. The number of ether oxygens (including phenoxy) is 1. The molecule has 2 N–H and O–H groups in total. The first-order chi connectivity index (χ1) is 10.6. The van der Waals surface area contributed by atoms with Crippen molar-refractivity contribution in [3.8, 4) is 5.75 Å². The smallest absolute Gasteiger partial charge is 0.341 e. The van der Waals surface area contributed by atoms with Crippen molar-refractivity contribution in [3.63, 3.8) is 0 Å².